The molecule has 0 radical (unpaired) electrons. The third kappa shape index (κ3) is 14.3. The van der Waals surface area contributed by atoms with Gasteiger partial charge in [0, 0.05) is 20.2 Å². The van der Waals surface area contributed by atoms with Crippen molar-refractivity contribution in [2.45, 2.75) is 58.7 Å². The lowest BCUT2D eigenvalue weighted by atomic mass is 10.0. The van der Waals surface area contributed by atoms with Crippen LogP contribution in [0.15, 0.2) is 35.3 Å². The van der Waals surface area contributed by atoms with Gasteiger partial charge in [-0.25, -0.2) is 4.39 Å². The van der Waals surface area contributed by atoms with Crippen molar-refractivity contribution in [3.63, 3.8) is 0 Å². The number of benzene rings is 1. The van der Waals surface area contributed by atoms with Gasteiger partial charge in [0.2, 0.25) is 18.2 Å². The molecule has 1 aromatic rings. The highest BCUT2D eigenvalue weighted by Crippen LogP contribution is 2.20. The number of guanidine groups is 1. The molecule has 1 unspecified atom stereocenters. The maximum absolute atomic E-state index is 12.5. The number of hydrogen-bond acceptors (Lipinski definition) is 6. The van der Waals surface area contributed by atoms with E-state index >= 15 is 0 Å². The van der Waals surface area contributed by atoms with E-state index < -0.39 is 30.4 Å². The summed E-state index contributed by atoms with van der Waals surface area (Å²) in [6.45, 7) is 5.96. The summed E-state index contributed by atoms with van der Waals surface area (Å²) in [5, 5.41) is 4.82. The molecular formula is C26H43FN6O5. The smallest absolute Gasteiger partial charge is 0.246 e. The molecular weight excluding hydrogens is 495 g/mol. The Morgan fingerprint density at radius 1 is 1.24 bits per heavy atom. The minimum absolute atomic E-state index is 0.116. The van der Waals surface area contributed by atoms with Crippen molar-refractivity contribution >= 4 is 30.0 Å². The Morgan fingerprint density at radius 2 is 1.89 bits per heavy atom. The summed E-state index contributed by atoms with van der Waals surface area (Å²) >= 11 is 0. The minimum Gasteiger partial charge on any atom is -0.380 e. The third-order valence-corrected chi connectivity index (χ3v) is 5.30. The summed E-state index contributed by atoms with van der Waals surface area (Å²) in [7, 11) is 1.70. The van der Waals surface area contributed by atoms with Crippen molar-refractivity contribution in [3.05, 3.63) is 35.9 Å². The molecule has 0 saturated carbocycles. The zero-order valence-corrected chi connectivity index (χ0v) is 22.8. The number of halogens is 1. The molecule has 2 atom stereocenters. The zero-order valence-electron chi connectivity index (χ0n) is 22.8. The summed E-state index contributed by atoms with van der Waals surface area (Å²) in [5.74, 6) is -1.44. The second kappa shape index (κ2) is 20.5. The largest absolute Gasteiger partial charge is 0.380 e. The number of hydrogen-bond donors (Lipinski definition) is 4. The second-order valence-electron chi connectivity index (χ2n) is 8.81. The van der Waals surface area contributed by atoms with Gasteiger partial charge in [0.1, 0.15) is 18.8 Å². The Hall–Kier alpha value is -3.54. The highest BCUT2D eigenvalue weighted by atomic mass is 19.1. The molecule has 1 aliphatic rings. The van der Waals surface area contributed by atoms with Gasteiger partial charge in [-0.1, -0.05) is 51.1 Å². The van der Waals surface area contributed by atoms with E-state index in [0.29, 0.717) is 32.4 Å². The Bertz CT molecular complexity index is 865. The SMILES string of the molecule is CC(C)[C@H](NC=O)C(=O)N1CCCC1C(=O)NCC(=O)CF.CCCN=C(N)N.COCc1ccccc1. The van der Waals surface area contributed by atoms with E-state index in [-0.39, 0.29) is 24.3 Å². The minimum atomic E-state index is -1.13. The third-order valence-electron chi connectivity index (χ3n) is 5.30. The topological polar surface area (TPSA) is 169 Å². The molecule has 1 saturated heterocycles. The van der Waals surface area contributed by atoms with Crippen LogP contribution in [0, 0.1) is 5.92 Å². The van der Waals surface area contributed by atoms with E-state index in [9.17, 15) is 23.6 Å². The fourth-order valence-electron chi connectivity index (χ4n) is 3.44. The lowest BCUT2D eigenvalue weighted by Gasteiger charge is -2.29. The Balaban J connectivity index is 0.000000695. The Kier molecular flexibility index (Phi) is 18.6. The Labute approximate surface area is 224 Å². The standard InChI is InChI=1S/C14H22FN3O4.C8H10O.C4H11N3/c1-9(2)12(17-8-19)14(22)18-5-3-4-11(18)13(21)16-7-10(20)6-15;1-9-7-8-5-3-2-4-6-8;1-2-3-7-4(5)6/h8-9,11-12H,3-7H2,1-2H3,(H,16,21)(H,17,19);2-6H,7H2,1H3;2-3H2,1H3,(H4,5,6,7)/t11?,12-;;/m0../s1. The number of carbonyl (C=O) groups is 4. The number of nitrogens with zero attached hydrogens (tertiary/aromatic N) is 2. The number of nitrogens with two attached hydrogens (primary N) is 2. The lowest BCUT2D eigenvalue weighted by molar-refractivity contribution is -0.141. The van der Waals surface area contributed by atoms with Crippen LogP contribution in [0.5, 0.6) is 0 Å². The molecule has 1 aliphatic heterocycles. The van der Waals surface area contributed by atoms with Crippen LogP contribution in [0.4, 0.5) is 4.39 Å². The zero-order chi connectivity index (χ0) is 28.9. The van der Waals surface area contributed by atoms with E-state index in [1.54, 1.807) is 21.0 Å². The maximum Gasteiger partial charge on any atom is 0.246 e. The number of alkyl halides is 1. The summed E-state index contributed by atoms with van der Waals surface area (Å²) in [6, 6.07) is 8.72. The number of aliphatic imine (C=N–C) groups is 1. The molecule has 0 bridgehead atoms. The van der Waals surface area contributed by atoms with Gasteiger partial charge in [0.25, 0.3) is 0 Å². The van der Waals surface area contributed by atoms with Crippen LogP contribution in [0.3, 0.4) is 0 Å². The number of ether oxygens (including phenoxy) is 1. The van der Waals surface area contributed by atoms with Crippen molar-refractivity contribution < 1.29 is 28.3 Å². The summed E-state index contributed by atoms with van der Waals surface area (Å²) in [4.78, 5) is 51.2. The first-order valence-corrected chi connectivity index (χ1v) is 12.6. The summed E-state index contributed by atoms with van der Waals surface area (Å²) < 4.78 is 17.0. The number of ketones is 1. The highest BCUT2D eigenvalue weighted by Gasteiger charge is 2.37. The molecule has 0 aromatic heterocycles. The van der Waals surface area contributed by atoms with Gasteiger partial charge in [-0.2, -0.15) is 0 Å². The van der Waals surface area contributed by atoms with Crippen molar-refractivity contribution in [2.24, 2.45) is 22.4 Å². The second-order valence-corrected chi connectivity index (χ2v) is 8.81. The monoisotopic (exact) mass is 538 g/mol. The molecule has 2 rings (SSSR count). The number of rotatable bonds is 12. The first-order valence-electron chi connectivity index (χ1n) is 12.6. The van der Waals surface area contributed by atoms with E-state index in [2.05, 4.69) is 15.6 Å². The summed E-state index contributed by atoms with van der Waals surface area (Å²) in [5.41, 5.74) is 11.2. The maximum atomic E-state index is 12.5. The van der Waals surface area contributed by atoms with Gasteiger partial charge in [-0.15, -0.1) is 0 Å². The molecule has 11 nitrogen and oxygen atoms in total. The first-order chi connectivity index (χ1) is 18.1. The molecule has 38 heavy (non-hydrogen) atoms. The molecule has 1 aromatic carbocycles. The number of Topliss-reactive ketones (excluding diaryl/α,β-unsaturated/α-hetero) is 1. The van der Waals surface area contributed by atoms with Crippen molar-refractivity contribution in [1.82, 2.24) is 15.5 Å². The molecule has 6 N–H and O–H groups in total. The molecule has 0 aliphatic carbocycles. The average molecular weight is 539 g/mol. The van der Waals surface area contributed by atoms with Crippen LogP contribution < -0.4 is 22.1 Å². The van der Waals surface area contributed by atoms with E-state index in [4.69, 9.17) is 16.2 Å². The van der Waals surface area contributed by atoms with Crippen LogP contribution in [-0.4, -0.2) is 80.4 Å². The number of nitrogens with one attached hydrogen (secondary N) is 2. The number of carbonyl (C=O) groups excluding carboxylic acids is 4. The van der Waals surface area contributed by atoms with Crippen LogP contribution in [0.25, 0.3) is 0 Å². The molecule has 3 amide bonds. The van der Waals surface area contributed by atoms with E-state index in [0.717, 1.165) is 13.0 Å². The first kappa shape index (κ1) is 34.5. The Morgan fingerprint density at radius 3 is 2.37 bits per heavy atom. The summed E-state index contributed by atoms with van der Waals surface area (Å²) in [6.07, 6.45) is 2.60. The molecule has 214 valence electrons. The van der Waals surface area contributed by atoms with Crippen molar-refractivity contribution in [3.8, 4) is 0 Å². The molecule has 1 fully saturated rings. The van der Waals surface area contributed by atoms with Crippen LogP contribution >= 0.6 is 0 Å². The predicted octanol–water partition coefficient (Wildman–Crippen LogP) is 0.906. The molecule has 12 heteroatoms. The van der Waals surface area contributed by atoms with E-state index in [1.165, 1.54) is 10.5 Å². The fourth-order valence-corrected chi connectivity index (χ4v) is 3.44. The lowest BCUT2D eigenvalue weighted by Crippen LogP contribution is -2.54. The quantitative estimate of drug-likeness (QED) is 0.174. The van der Waals surface area contributed by atoms with Gasteiger partial charge >= 0.3 is 0 Å². The van der Waals surface area contributed by atoms with Crippen molar-refractivity contribution in [2.75, 3.05) is 33.4 Å². The van der Waals surface area contributed by atoms with Crippen LogP contribution in [0.1, 0.15) is 45.6 Å². The number of methoxy groups -OCH3 is 1. The van der Waals surface area contributed by atoms with Gasteiger partial charge in [-0.3, -0.25) is 24.2 Å². The molecule has 1 heterocycles. The molecule has 0 spiro atoms. The normalized spacial score (nSPS) is 14.7. The highest BCUT2D eigenvalue weighted by molar-refractivity contribution is 5.93. The fraction of sp³-hybridized carbons (Fsp3) is 0.577. The van der Waals surface area contributed by atoms with Gasteiger partial charge in [-0.05, 0) is 30.7 Å². The number of amides is 3. The van der Waals surface area contributed by atoms with Gasteiger partial charge in [0.05, 0.1) is 13.2 Å². The van der Waals surface area contributed by atoms with E-state index in [1.807, 2.05) is 37.3 Å². The predicted molar refractivity (Wildman–Crippen MR) is 145 cm³/mol. The van der Waals surface area contributed by atoms with Gasteiger partial charge < -0.3 is 31.7 Å². The van der Waals surface area contributed by atoms with Gasteiger partial charge in [0.15, 0.2) is 11.7 Å². The average Bonchev–Trinajstić information content (AvgIpc) is 3.40. The van der Waals surface area contributed by atoms with Crippen molar-refractivity contribution in [1.29, 1.82) is 0 Å². The number of likely N-dealkylation sites (tertiary alicyclic amines) is 1. The van der Waals surface area contributed by atoms with Crippen LogP contribution in [-0.2, 0) is 30.5 Å². The van der Waals surface area contributed by atoms with Crippen LogP contribution in [0.2, 0.25) is 0 Å².